The Kier molecular flexibility index (Phi) is 3.80. The fraction of sp³-hybridized carbons (Fsp3) is 0.615. The number of nitrogens with two attached hydrogens (primary N) is 1. The Hall–Kier alpha value is -1.89. The fourth-order valence-electron chi connectivity index (χ4n) is 2.25. The molecule has 0 aromatic carbocycles. The number of aryl methyl sites for hydroxylation is 2. The molecule has 0 saturated carbocycles. The van der Waals surface area contributed by atoms with Crippen LogP contribution < -0.4 is 5.73 Å². The standard InChI is InChI=1S/C13H19N3O4/c1-8-10(9(2)20-15-8)6-11(17)16-4-5-19-13(3,7-16)12(14)18/h4-7H2,1-3H3,(H2,14,18). The summed E-state index contributed by atoms with van der Waals surface area (Å²) in [5, 5.41) is 3.83. The molecule has 110 valence electrons. The maximum Gasteiger partial charge on any atom is 0.251 e. The Labute approximate surface area is 117 Å². The van der Waals surface area contributed by atoms with Crippen molar-refractivity contribution in [2.75, 3.05) is 19.7 Å². The molecular formula is C13H19N3O4. The summed E-state index contributed by atoms with van der Waals surface area (Å²) in [5.74, 6) is -0.00992. The summed E-state index contributed by atoms with van der Waals surface area (Å²) in [4.78, 5) is 25.3. The first-order valence-corrected chi connectivity index (χ1v) is 6.47. The molecule has 1 aromatic rings. The molecule has 0 spiro atoms. The van der Waals surface area contributed by atoms with Gasteiger partial charge in [0.15, 0.2) is 5.60 Å². The Morgan fingerprint density at radius 1 is 1.45 bits per heavy atom. The summed E-state index contributed by atoms with van der Waals surface area (Å²) in [5.41, 5.74) is 5.71. The molecule has 1 fully saturated rings. The molecule has 1 aromatic heterocycles. The first kappa shape index (κ1) is 14.5. The largest absolute Gasteiger partial charge is 0.367 e. The van der Waals surface area contributed by atoms with Gasteiger partial charge in [0, 0.05) is 12.1 Å². The lowest BCUT2D eigenvalue weighted by molar-refractivity contribution is -0.160. The first-order valence-electron chi connectivity index (χ1n) is 6.47. The number of primary amides is 1. The van der Waals surface area contributed by atoms with Gasteiger partial charge in [-0.1, -0.05) is 5.16 Å². The number of carbonyl (C=O) groups excluding carboxylic acids is 2. The minimum Gasteiger partial charge on any atom is -0.367 e. The molecule has 0 radical (unpaired) electrons. The van der Waals surface area contributed by atoms with Crippen LogP contribution >= 0.6 is 0 Å². The normalized spacial score (nSPS) is 22.9. The van der Waals surface area contributed by atoms with E-state index < -0.39 is 11.5 Å². The van der Waals surface area contributed by atoms with Crippen molar-refractivity contribution >= 4 is 11.8 Å². The SMILES string of the molecule is Cc1noc(C)c1CC(=O)N1CCOC(C)(C(N)=O)C1. The minimum absolute atomic E-state index is 0.0878. The Morgan fingerprint density at radius 3 is 2.70 bits per heavy atom. The molecule has 1 aliphatic rings. The summed E-state index contributed by atoms with van der Waals surface area (Å²) >= 11 is 0. The van der Waals surface area contributed by atoms with Crippen LogP contribution in [0.15, 0.2) is 4.52 Å². The van der Waals surface area contributed by atoms with Crippen molar-refractivity contribution in [3.63, 3.8) is 0 Å². The van der Waals surface area contributed by atoms with Crippen LogP contribution in [0.2, 0.25) is 0 Å². The van der Waals surface area contributed by atoms with Gasteiger partial charge in [-0.25, -0.2) is 0 Å². The average Bonchev–Trinajstić information content (AvgIpc) is 2.70. The average molecular weight is 281 g/mol. The molecule has 2 N–H and O–H groups in total. The molecule has 1 aliphatic heterocycles. The van der Waals surface area contributed by atoms with Crippen LogP contribution in [0.25, 0.3) is 0 Å². The van der Waals surface area contributed by atoms with Crippen LogP contribution in [-0.4, -0.2) is 47.2 Å². The second kappa shape index (κ2) is 5.24. The highest BCUT2D eigenvalue weighted by Crippen LogP contribution is 2.19. The van der Waals surface area contributed by atoms with E-state index in [9.17, 15) is 9.59 Å². The zero-order chi connectivity index (χ0) is 14.9. The number of carbonyl (C=O) groups is 2. The Morgan fingerprint density at radius 2 is 2.15 bits per heavy atom. The number of aromatic nitrogens is 1. The third-order valence-electron chi connectivity index (χ3n) is 3.66. The van der Waals surface area contributed by atoms with E-state index in [1.807, 2.05) is 0 Å². The van der Waals surface area contributed by atoms with E-state index in [0.717, 1.165) is 5.56 Å². The summed E-state index contributed by atoms with van der Waals surface area (Å²) in [6, 6.07) is 0. The Balaban J connectivity index is 2.08. The van der Waals surface area contributed by atoms with Crippen LogP contribution in [0.4, 0.5) is 0 Å². The van der Waals surface area contributed by atoms with Gasteiger partial charge in [-0.3, -0.25) is 9.59 Å². The van der Waals surface area contributed by atoms with Gasteiger partial charge in [0.2, 0.25) is 5.91 Å². The molecule has 20 heavy (non-hydrogen) atoms. The smallest absolute Gasteiger partial charge is 0.251 e. The molecule has 1 saturated heterocycles. The summed E-state index contributed by atoms with van der Waals surface area (Å²) < 4.78 is 10.4. The van der Waals surface area contributed by atoms with Crippen molar-refractivity contribution in [2.24, 2.45) is 5.73 Å². The highest BCUT2D eigenvalue weighted by atomic mass is 16.5. The van der Waals surface area contributed by atoms with Crippen LogP contribution in [0.1, 0.15) is 23.9 Å². The lowest BCUT2D eigenvalue weighted by atomic mass is 10.0. The van der Waals surface area contributed by atoms with Gasteiger partial charge in [-0.2, -0.15) is 0 Å². The van der Waals surface area contributed by atoms with E-state index in [1.165, 1.54) is 0 Å². The molecule has 2 rings (SSSR count). The molecule has 2 heterocycles. The van der Waals surface area contributed by atoms with E-state index in [-0.39, 0.29) is 18.9 Å². The molecule has 2 amide bonds. The number of rotatable bonds is 3. The summed E-state index contributed by atoms with van der Waals surface area (Å²) in [6.45, 7) is 6.09. The van der Waals surface area contributed by atoms with Crippen LogP contribution in [0.5, 0.6) is 0 Å². The number of hydrogen-bond acceptors (Lipinski definition) is 5. The highest BCUT2D eigenvalue weighted by Gasteiger charge is 2.39. The van der Waals surface area contributed by atoms with Gasteiger partial charge in [-0.15, -0.1) is 0 Å². The lowest BCUT2D eigenvalue weighted by Crippen LogP contribution is -2.58. The number of amides is 2. The lowest BCUT2D eigenvalue weighted by Gasteiger charge is -2.38. The van der Waals surface area contributed by atoms with E-state index >= 15 is 0 Å². The molecule has 0 aliphatic carbocycles. The second-order valence-corrected chi connectivity index (χ2v) is 5.24. The quantitative estimate of drug-likeness (QED) is 0.836. The monoisotopic (exact) mass is 281 g/mol. The van der Waals surface area contributed by atoms with Crippen molar-refractivity contribution in [2.45, 2.75) is 32.8 Å². The van der Waals surface area contributed by atoms with Crippen LogP contribution in [0, 0.1) is 13.8 Å². The van der Waals surface area contributed by atoms with Gasteiger partial charge >= 0.3 is 0 Å². The molecule has 7 heteroatoms. The van der Waals surface area contributed by atoms with E-state index in [1.54, 1.807) is 25.7 Å². The van der Waals surface area contributed by atoms with Gasteiger partial charge in [-0.05, 0) is 20.8 Å². The molecule has 1 unspecified atom stereocenters. The Bertz CT molecular complexity index is 520. The second-order valence-electron chi connectivity index (χ2n) is 5.24. The third-order valence-corrected chi connectivity index (χ3v) is 3.66. The van der Waals surface area contributed by atoms with Gasteiger partial charge in [0.25, 0.3) is 5.91 Å². The van der Waals surface area contributed by atoms with Gasteiger partial charge in [0.1, 0.15) is 5.76 Å². The third kappa shape index (κ3) is 2.67. The van der Waals surface area contributed by atoms with Gasteiger partial charge in [0.05, 0.1) is 25.3 Å². The maximum absolute atomic E-state index is 12.3. The zero-order valence-corrected chi connectivity index (χ0v) is 11.9. The van der Waals surface area contributed by atoms with Crippen LogP contribution in [-0.2, 0) is 20.7 Å². The maximum atomic E-state index is 12.3. The van der Waals surface area contributed by atoms with E-state index in [4.69, 9.17) is 15.0 Å². The molecule has 0 bridgehead atoms. The number of hydrogen-bond donors (Lipinski definition) is 1. The number of morpholine rings is 1. The molecule has 1 atom stereocenters. The number of ether oxygens (including phenoxy) is 1. The topological polar surface area (TPSA) is 98.7 Å². The molecular weight excluding hydrogens is 262 g/mol. The number of nitrogens with zero attached hydrogens (tertiary/aromatic N) is 2. The minimum atomic E-state index is -1.12. The summed E-state index contributed by atoms with van der Waals surface area (Å²) in [7, 11) is 0. The zero-order valence-electron chi connectivity index (χ0n) is 11.9. The van der Waals surface area contributed by atoms with Crippen LogP contribution in [0.3, 0.4) is 0 Å². The van der Waals surface area contributed by atoms with Crippen molar-refractivity contribution in [1.82, 2.24) is 10.1 Å². The van der Waals surface area contributed by atoms with Crippen molar-refractivity contribution in [3.05, 3.63) is 17.0 Å². The predicted octanol–water partition coefficient (Wildman–Crippen LogP) is -0.0633. The van der Waals surface area contributed by atoms with E-state index in [0.29, 0.717) is 24.6 Å². The van der Waals surface area contributed by atoms with Gasteiger partial charge < -0.3 is 19.9 Å². The summed E-state index contributed by atoms with van der Waals surface area (Å²) in [6.07, 6.45) is 0.204. The van der Waals surface area contributed by atoms with E-state index in [2.05, 4.69) is 5.16 Å². The van der Waals surface area contributed by atoms with Crippen molar-refractivity contribution < 1.29 is 18.8 Å². The van der Waals surface area contributed by atoms with Crippen molar-refractivity contribution in [1.29, 1.82) is 0 Å². The fourth-order valence-corrected chi connectivity index (χ4v) is 2.25. The van der Waals surface area contributed by atoms with Crippen molar-refractivity contribution in [3.8, 4) is 0 Å². The predicted molar refractivity (Wildman–Crippen MR) is 69.8 cm³/mol. The highest BCUT2D eigenvalue weighted by molar-refractivity contribution is 5.85. The molecule has 7 nitrogen and oxygen atoms in total. The first-order chi connectivity index (χ1) is 9.33.